The zero-order valence-corrected chi connectivity index (χ0v) is 11.2. The van der Waals surface area contributed by atoms with E-state index in [-0.39, 0.29) is 5.69 Å². The maximum absolute atomic E-state index is 10.9. The minimum absolute atomic E-state index is 0.0368. The summed E-state index contributed by atoms with van der Waals surface area (Å²) in [6.45, 7) is 4.26. The van der Waals surface area contributed by atoms with E-state index in [2.05, 4.69) is 4.90 Å². The van der Waals surface area contributed by atoms with Crippen molar-refractivity contribution in [3.05, 3.63) is 34.4 Å². The van der Waals surface area contributed by atoms with E-state index >= 15 is 0 Å². The summed E-state index contributed by atoms with van der Waals surface area (Å²) in [7, 11) is 0. The van der Waals surface area contributed by atoms with Gasteiger partial charge in [0.05, 0.1) is 30.8 Å². The van der Waals surface area contributed by atoms with Gasteiger partial charge >= 0.3 is 5.69 Å². The van der Waals surface area contributed by atoms with Crippen molar-refractivity contribution < 1.29 is 14.4 Å². The van der Waals surface area contributed by atoms with Gasteiger partial charge in [0.25, 0.3) is 0 Å². The van der Waals surface area contributed by atoms with E-state index in [9.17, 15) is 10.1 Å². The van der Waals surface area contributed by atoms with E-state index < -0.39 is 4.92 Å². The van der Waals surface area contributed by atoms with Gasteiger partial charge in [-0.1, -0.05) is 12.1 Å². The number of rotatable bonds is 5. The maximum atomic E-state index is 10.9. The first kappa shape index (κ1) is 13.3. The third-order valence-electron chi connectivity index (χ3n) is 3.99. The van der Waals surface area contributed by atoms with Crippen molar-refractivity contribution in [2.45, 2.75) is 12.5 Å². The molecule has 108 valence electrons. The highest BCUT2D eigenvalue weighted by atomic mass is 16.6. The van der Waals surface area contributed by atoms with Crippen LogP contribution in [0.25, 0.3) is 0 Å². The van der Waals surface area contributed by atoms with Crippen molar-refractivity contribution in [2.24, 2.45) is 5.92 Å². The van der Waals surface area contributed by atoms with Gasteiger partial charge in [-0.2, -0.15) is 0 Å². The van der Waals surface area contributed by atoms with Crippen LogP contribution in [0.4, 0.5) is 5.69 Å². The molecule has 1 atom stereocenters. The van der Waals surface area contributed by atoms with Crippen molar-refractivity contribution in [1.29, 1.82) is 0 Å². The Labute approximate surface area is 117 Å². The van der Waals surface area contributed by atoms with Crippen molar-refractivity contribution in [2.75, 3.05) is 32.9 Å². The Morgan fingerprint density at radius 1 is 1.40 bits per heavy atom. The minimum atomic E-state index is -0.401. The molecule has 2 saturated heterocycles. The molecule has 2 heterocycles. The van der Waals surface area contributed by atoms with Crippen molar-refractivity contribution in [3.63, 3.8) is 0 Å². The molecule has 0 saturated carbocycles. The molecule has 6 heteroatoms. The number of nitro benzene ring substituents is 1. The average molecular weight is 278 g/mol. The van der Waals surface area contributed by atoms with Gasteiger partial charge in [0.2, 0.25) is 0 Å². The van der Waals surface area contributed by atoms with Crippen LogP contribution in [0, 0.1) is 16.0 Å². The van der Waals surface area contributed by atoms with E-state index in [1.54, 1.807) is 18.2 Å². The van der Waals surface area contributed by atoms with Crippen molar-refractivity contribution >= 4 is 5.69 Å². The van der Waals surface area contributed by atoms with E-state index in [1.807, 2.05) is 0 Å². The molecule has 0 aromatic heterocycles. The summed E-state index contributed by atoms with van der Waals surface area (Å²) in [6.07, 6.45) is 1.08. The van der Waals surface area contributed by atoms with Crippen molar-refractivity contribution in [1.82, 2.24) is 4.90 Å². The summed E-state index contributed by atoms with van der Waals surface area (Å²) in [4.78, 5) is 12.9. The SMILES string of the molecule is O=[N+]([O-])c1ccccc1OC[C@H]1CCN(C2COC2)C1. The van der Waals surface area contributed by atoms with Crippen LogP contribution in [-0.2, 0) is 4.74 Å². The predicted octanol–water partition coefficient (Wildman–Crippen LogP) is 1.69. The fraction of sp³-hybridized carbons (Fsp3) is 0.571. The fourth-order valence-electron chi connectivity index (χ4n) is 2.70. The third-order valence-corrected chi connectivity index (χ3v) is 3.99. The van der Waals surface area contributed by atoms with Crippen LogP contribution in [-0.4, -0.2) is 48.8 Å². The molecule has 2 aliphatic heterocycles. The Kier molecular flexibility index (Phi) is 3.84. The van der Waals surface area contributed by atoms with Gasteiger partial charge in [-0.25, -0.2) is 0 Å². The van der Waals surface area contributed by atoms with Crippen molar-refractivity contribution in [3.8, 4) is 5.75 Å². The van der Waals surface area contributed by atoms with Gasteiger partial charge in [0, 0.05) is 18.5 Å². The smallest absolute Gasteiger partial charge is 0.310 e. The molecule has 20 heavy (non-hydrogen) atoms. The number of nitro groups is 1. The monoisotopic (exact) mass is 278 g/mol. The molecule has 0 radical (unpaired) electrons. The molecule has 1 aromatic carbocycles. The topological polar surface area (TPSA) is 64.8 Å². The summed E-state index contributed by atoms with van der Waals surface area (Å²) < 4.78 is 10.9. The van der Waals surface area contributed by atoms with Gasteiger partial charge in [-0.05, 0) is 19.0 Å². The maximum Gasteiger partial charge on any atom is 0.310 e. The quantitative estimate of drug-likeness (QED) is 0.606. The lowest BCUT2D eigenvalue weighted by molar-refractivity contribution is -0.385. The molecule has 0 unspecified atom stereocenters. The van der Waals surface area contributed by atoms with Crippen LogP contribution >= 0.6 is 0 Å². The Balaban J connectivity index is 1.54. The van der Waals surface area contributed by atoms with Crippen LogP contribution in [0.1, 0.15) is 6.42 Å². The standard InChI is InChI=1S/C14H18N2O4/c17-16(18)13-3-1-2-4-14(13)20-8-11-5-6-15(7-11)12-9-19-10-12/h1-4,11-12H,5-10H2/t11-/m0/s1. The molecule has 3 rings (SSSR count). The Bertz CT molecular complexity index is 490. The molecule has 0 spiro atoms. The normalized spacial score (nSPS) is 23.5. The van der Waals surface area contributed by atoms with Crippen LogP contribution in [0.5, 0.6) is 5.75 Å². The Morgan fingerprint density at radius 2 is 2.20 bits per heavy atom. The number of benzene rings is 1. The minimum Gasteiger partial charge on any atom is -0.486 e. The molecule has 2 fully saturated rings. The molecule has 0 aliphatic carbocycles. The molecule has 2 aliphatic rings. The molecule has 1 aromatic rings. The van der Waals surface area contributed by atoms with Crippen LogP contribution in [0.3, 0.4) is 0 Å². The van der Waals surface area contributed by atoms with Gasteiger partial charge < -0.3 is 9.47 Å². The molecule has 6 nitrogen and oxygen atoms in total. The number of nitrogens with zero attached hydrogens (tertiary/aromatic N) is 2. The van der Waals surface area contributed by atoms with Crippen LogP contribution in [0.2, 0.25) is 0 Å². The zero-order chi connectivity index (χ0) is 13.9. The first-order valence-electron chi connectivity index (χ1n) is 6.92. The van der Waals surface area contributed by atoms with E-state index in [0.29, 0.717) is 24.3 Å². The first-order valence-corrected chi connectivity index (χ1v) is 6.92. The largest absolute Gasteiger partial charge is 0.486 e. The van der Waals surface area contributed by atoms with E-state index in [0.717, 1.165) is 32.7 Å². The highest BCUT2D eigenvalue weighted by molar-refractivity contribution is 5.45. The third kappa shape index (κ3) is 2.76. The second kappa shape index (κ2) is 5.76. The zero-order valence-electron chi connectivity index (χ0n) is 11.2. The Morgan fingerprint density at radius 3 is 2.90 bits per heavy atom. The summed E-state index contributed by atoms with van der Waals surface area (Å²) in [6, 6.07) is 7.10. The second-order valence-electron chi connectivity index (χ2n) is 5.38. The van der Waals surface area contributed by atoms with Gasteiger partial charge in [-0.3, -0.25) is 15.0 Å². The number of hydrogen-bond acceptors (Lipinski definition) is 5. The van der Waals surface area contributed by atoms with E-state index in [1.165, 1.54) is 6.07 Å². The summed E-state index contributed by atoms with van der Waals surface area (Å²) >= 11 is 0. The van der Waals surface area contributed by atoms with Gasteiger partial charge in [0.1, 0.15) is 0 Å². The molecule has 0 N–H and O–H groups in total. The summed E-state index contributed by atoms with van der Waals surface area (Å²) in [5, 5.41) is 10.9. The second-order valence-corrected chi connectivity index (χ2v) is 5.38. The molecular weight excluding hydrogens is 260 g/mol. The highest BCUT2D eigenvalue weighted by Gasteiger charge is 2.32. The summed E-state index contributed by atoms with van der Waals surface area (Å²) in [5.74, 6) is 0.804. The average Bonchev–Trinajstić information content (AvgIpc) is 2.83. The lowest BCUT2D eigenvalue weighted by Crippen LogP contribution is -2.48. The number of hydrogen-bond donors (Lipinski definition) is 0. The van der Waals surface area contributed by atoms with Crippen LogP contribution in [0.15, 0.2) is 24.3 Å². The number of para-hydroxylation sites is 2. The highest BCUT2D eigenvalue weighted by Crippen LogP contribution is 2.28. The predicted molar refractivity (Wildman–Crippen MR) is 72.9 cm³/mol. The lowest BCUT2D eigenvalue weighted by Gasteiger charge is -2.34. The van der Waals surface area contributed by atoms with Crippen LogP contribution < -0.4 is 4.74 Å². The van der Waals surface area contributed by atoms with Gasteiger partial charge in [0.15, 0.2) is 5.75 Å². The van der Waals surface area contributed by atoms with Gasteiger partial charge in [-0.15, -0.1) is 0 Å². The Hall–Kier alpha value is -1.66. The molecule has 0 amide bonds. The molecular formula is C14H18N2O4. The first-order chi connectivity index (χ1) is 9.74. The lowest BCUT2D eigenvalue weighted by atomic mass is 10.1. The number of ether oxygens (including phenoxy) is 2. The number of likely N-dealkylation sites (tertiary alicyclic amines) is 1. The molecule has 0 bridgehead atoms. The fourth-order valence-corrected chi connectivity index (χ4v) is 2.70. The van der Waals surface area contributed by atoms with E-state index in [4.69, 9.17) is 9.47 Å². The summed E-state index contributed by atoms with van der Waals surface area (Å²) in [5.41, 5.74) is 0.0368.